The smallest absolute Gasteiger partial charge is 0.271 e. The van der Waals surface area contributed by atoms with Gasteiger partial charge in [-0.05, 0) is 18.6 Å². The van der Waals surface area contributed by atoms with Crippen LogP contribution >= 0.6 is 0 Å². The summed E-state index contributed by atoms with van der Waals surface area (Å²) in [4.78, 5) is 10.3. The van der Waals surface area contributed by atoms with Crippen molar-refractivity contribution in [1.29, 1.82) is 0 Å². The predicted molar refractivity (Wildman–Crippen MR) is 63.6 cm³/mol. The summed E-state index contributed by atoms with van der Waals surface area (Å²) in [6.45, 7) is 2.13. The molecule has 0 atom stereocenters. The summed E-state index contributed by atoms with van der Waals surface area (Å²) in [6.07, 6.45) is 2.07. The number of rotatable bonds is 3. The van der Waals surface area contributed by atoms with Crippen LogP contribution in [-0.2, 0) is 13.5 Å². The Labute approximate surface area is 93.6 Å². The van der Waals surface area contributed by atoms with Gasteiger partial charge in [0.15, 0.2) is 0 Å². The van der Waals surface area contributed by atoms with Crippen molar-refractivity contribution in [3.8, 4) is 0 Å². The van der Waals surface area contributed by atoms with Gasteiger partial charge in [0.2, 0.25) is 0 Å². The van der Waals surface area contributed by atoms with E-state index in [1.807, 2.05) is 17.7 Å². The van der Waals surface area contributed by atoms with Crippen LogP contribution in [0.3, 0.4) is 0 Å². The van der Waals surface area contributed by atoms with Crippen molar-refractivity contribution < 1.29 is 4.92 Å². The first-order chi connectivity index (χ1) is 7.63. The summed E-state index contributed by atoms with van der Waals surface area (Å²) in [5.74, 6) is 0. The summed E-state index contributed by atoms with van der Waals surface area (Å²) < 4.78 is 2.03. The second-order valence-corrected chi connectivity index (χ2v) is 3.94. The second-order valence-electron chi connectivity index (χ2n) is 3.94. The Morgan fingerprint density at radius 1 is 1.38 bits per heavy atom. The fraction of sp³-hybridized carbons (Fsp3) is 0.333. The van der Waals surface area contributed by atoms with Gasteiger partial charge in [-0.25, -0.2) is 0 Å². The van der Waals surface area contributed by atoms with Crippen LogP contribution in [0.4, 0.5) is 5.69 Å². The Morgan fingerprint density at radius 2 is 2.12 bits per heavy atom. The lowest BCUT2D eigenvalue weighted by Gasteiger charge is -2.01. The third-order valence-electron chi connectivity index (χ3n) is 2.85. The molecule has 2 rings (SSSR count). The molecule has 0 aliphatic carbocycles. The van der Waals surface area contributed by atoms with E-state index in [0.717, 1.165) is 23.7 Å². The zero-order valence-corrected chi connectivity index (χ0v) is 9.43. The molecule has 0 unspecified atom stereocenters. The Kier molecular flexibility index (Phi) is 2.64. The topological polar surface area (TPSA) is 48.1 Å². The van der Waals surface area contributed by atoms with Gasteiger partial charge in [0.1, 0.15) is 0 Å². The molecule has 1 aromatic heterocycles. The first kappa shape index (κ1) is 10.7. The third kappa shape index (κ3) is 1.66. The van der Waals surface area contributed by atoms with E-state index in [9.17, 15) is 10.1 Å². The number of nitro benzene ring substituents is 1. The molecule has 1 aromatic carbocycles. The number of nitrogens with zero attached hydrogens (tertiary/aromatic N) is 2. The lowest BCUT2D eigenvalue weighted by atomic mass is 10.2. The van der Waals surface area contributed by atoms with Crippen LogP contribution in [0.15, 0.2) is 24.3 Å². The molecule has 0 radical (unpaired) electrons. The molecule has 0 aliphatic heterocycles. The Bertz CT molecular complexity index is 543. The fourth-order valence-electron chi connectivity index (χ4n) is 1.99. The molecule has 0 aliphatic rings. The van der Waals surface area contributed by atoms with Gasteiger partial charge in [0, 0.05) is 30.3 Å². The van der Waals surface area contributed by atoms with E-state index in [1.54, 1.807) is 12.1 Å². The van der Waals surface area contributed by atoms with E-state index in [2.05, 4.69) is 13.0 Å². The van der Waals surface area contributed by atoms with Crippen molar-refractivity contribution in [2.75, 3.05) is 0 Å². The van der Waals surface area contributed by atoms with Gasteiger partial charge in [-0.1, -0.05) is 13.3 Å². The molecule has 1 heterocycles. The molecule has 0 bridgehead atoms. The zero-order valence-electron chi connectivity index (χ0n) is 9.43. The maximum absolute atomic E-state index is 10.7. The van der Waals surface area contributed by atoms with Crippen LogP contribution in [0.1, 0.15) is 19.0 Å². The number of aromatic nitrogens is 1. The average molecular weight is 218 g/mol. The number of nitro groups is 1. The van der Waals surface area contributed by atoms with Crippen molar-refractivity contribution in [2.24, 2.45) is 7.05 Å². The standard InChI is InChI=1S/C12H14N2O2/c1-3-4-10-7-9-5-6-11(14(15)16)8-12(9)13(10)2/h5-8H,3-4H2,1-2H3. The highest BCUT2D eigenvalue weighted by atomic mass is 16.6. The summed E-state index contributed by atoms with van der Waals surface area (Å²) in [5.41, 5.74) is 2.30. The molecule has 2 aromatic rings. The first-order valence-corrected chi connectivity index (χ1v) is 5.36. The van der Waals surface area contributed by atoms with Gasteiger partial charge < -0.3 is 4.57 Å². The lowest BCUT2D eigenvalue weighted by molar-refractivity contribution is -0.384. The fourth-order valence-corrected chi connectivity index (χ4v) is 1.99. The van der Waals surface area contributed by atoms with Gasteiger partial charge in [0.05, 0.1) is 10.4 Å². The van der Waals surface area contributed by atoms with Crippen LogP contribution in [-0.4, -0.2) is 9.49 Å². The van der Waals surface area contributed by atoms with Crippen molar-refractivity contribution in [2.45, 2.75) is 19.8 Å². The van der Waals surface area contributed by atoms with Gasteiger partial charge >= 0.3 is 0 Å². The number of aryl methyl sites for hydroxylation is 2. The number of hydrogen-bond donors (Lipinski definition) is 0. The molecule has 0 N–H and O–H groups in total. The van der Waals surface area contributed by atoms with E-state index in [-0.39, 0.29) is 10.6 Å². The minimum Gasteiger partial charge on any atom is -0.347 e. The van der Waals surface area contributed by atoms with E-state index in [1.165, 1.54) is 5.69 Å². The molecule has 0 amide bonds. The molecular formula is C12H14N2O2. The van der Waals surface area contributed by atoms with Crippen molar-refractivity contribution >= 4 is 16.6 Å². The molecule has 4 heteroatoms. The molecule has 0 saturated carbocycles. The van der Waals surface area contributed by atoms with Crippen molar-refractivity contribution in [3.63, 3.8) is 0 Å². The first-order valence-electron chi connectivity index (χ1n) is 5.36. The van der Waals surface area contributed by atoms with Gasteiger partial charge in [0.25, 0.3) is 5.69 Å². The minimum atomic E-state index is -0.355. The summed E-state index contributed by atoms with van der Waals surface area (Å²) in [5, 5.41) is 11.8. The second kappa shape index (κ2) is 3.96. The molecule has 4 nitrogen and oxygen atoms in total. The number of hydrogen-bond acceptors (Lipinski definition) is 2. The Morgan fingerprint density at radius 3 is 2.75 bits per heavy atom. The molecular weight excluding hydrogens is 204 g/mol. The van der Waals surface area contributed by atoms with Crippen LogP contribution in [0.2, 0.25) is 0 Å². The molecule has 0 fully saturated rings. The maximum atomic E-state index is 10.7. The normalized spacial score (nSPS) is 10.9. The SMILES string of the molecule is CCCc1cc2ccc([N+](=O)[O-])cc2n1C. The van der Waals surface area contributed by atoms with E-state index in [0.29, 0.717) is 0 Å². The summed E-state index contributed by atoms with van der Waals surface area (Å²) >= 11 is 0. The predicted octanol–water partition coefficient (Wildman–Crippen LogP) is 3.04. The highest BCUT2D eigenvalue weighted by Gasteiger charge is 2.10. The highest BCUT2D eigenvalue weighted by Crippen LogP contribution is 2.24. The van der Waals surface area contributed by atoms with Crippen LogP contribution in [0, 0.1) is 10.1 Å². The van der Waals surface area contributed by atoms with Gasteiger partial charge in [-0.3, -0.25) is 10.1 Å². The average Bonchev–Trinajstić information content (AvgIpc) is 2.56. The summed E-state index contributed by atoms with van der Waals surface area (Å²) in [7, 11) is 1.96. The van der Waals surface area contributed by atoms with Crippen LogP contribution in [0.5, 0.6) is 0 Å². The number of fused-ring (bicyclic) bond motifs is 1. The zero-order chi connectivity index (χ0) is 11.7. The summed E-state index contributed by atoms with van der Waals surface area (Å²) in [6, 6.07) is 7.10. The molecule has 84 valence electrons. The van der Waals surface area contributed by atoms with E-state index >= 15 is 0 Å². The number of benzene rings is 1. The lowest BCUT2D eigenvalue weighted by Crippen LogP contribution is -1.95. The maximum Gasteiger partial charge on any atom is 0.271 e. The molecule has 0 spiro atoms. The highest BCUT2D eigenvalue weighted by molar-refractivity contribution is 5.83. The van der Waals surface area contributed by atoms with Crippen molar-refractivity contribution in [3.05, 3.63) is 40.1 Å². The Hall–Kier alpha value is -1.84. The van der Waals surface area contributed by atoms with Gasteiger partial charge in [-0.2, -0.15) is 0 Å². The van der Waals surface area contributed by atoms with Crippen LogP contribution < -0.4 is 0 Å². The quantitative estimate of drug-likeness (QED) is 0.587. The van der Waals surface area contributed by atoms with Crippen molar-refractivity contribution in [1.82, 2.24) is 4.57 Å². The Balaban J connectivity index is 2.59. The van der Waals surface area contributed by atoms with Crippen LogP contribution in [0.25, 0.3) is 10.9 Å². The largest absolute Gasteiger partial charge is 0.347 e. The van der Waals surface area contributed by atoms with Gasteiger partial charge in [-0.15, -0.1) is 0 Å². The molecule has 16 heavy (non-hydrogen) atoms. The number of non-ortho nitro benzene ring substituents is 1. The molecule has 0 saturated heterocycles. The third-order valence-corrected chi connectivity index (χ3v) is 2.85. The van der Waals surface area contributed by atoms with E-state index < -0.39 is 0 Å². The monoisotopic (exact) mass is 218 g/mol. The minimum absolute atomic E-state index is 0.150. The van der Waals surface area contributed by atoms with E-state index in [4.69, 9.17) is 0 Å².